The van der Waals surface area contributed by atoms with Gasteiger partial charge in [0.25, 0.3) is 5.91 Å². The van der Waals surface area contributed by atoms with Crippen molar-refractivity contribution in [1.29, 1.82) is 0 Å². The van der Waals surface area contributed by atoms with E-state index in [2.05, 4.69) is 40.2 Å². The quantitative estimate of drug-likeness (QED) is 0.791. The van der Waals surface area contributed by atoms with Crippen molar-refractivity contribution < 1.29 is 4.79 Å². The molecule has 21 heavy (non-hydrogen) atoms. The zero-order valence-corrected chi connectivity index (χ0v) is 13.6. The molecular weight excluding hydrogens is 326 g/mol. The molecule has 2 nitrogen and oxygen atoms in total. The highest BCUT2D eigenvalue weighted by Crippen LogP contribution is 2.29. The van der Waals surface area contributed by atoms with Crippen LogP contribution in [0.3, 0.4) is 0 Å². The Morgan fingerprint density at radius 3 is 2.67 bits per heavy atom. The smallest absolute Gasteiger partial charge is 0.255 e. The molecule has 1 aliphatic heterocycles. The second-order valence-corrected chi connectivity index (χ2v) is 6.49. The molecule has 108 valence electrons. The Hall–Kier alpha value is -1.61. The molecule has 0 N–H and O–H groups in total. The van der Waals surface area contributed by atoms with Gasteiger partial charge < -0.3 is 4.90 Å². The fraction of sp³-hybridized carbons (Fsp3) is 0.278. The number of carbonyl (C=O) groups excluding carboxylic acids is 1. The van der Waals surface area contributed by atoms with Crippen LogP contribution in [0.5, 0.6) is 0 Å². The summed E-state index contributed by atoms with van der Waals surface area (Å²) in [5.74, 6) is 0.583. The third kappa shape index (κ3) is 3.03. The Bertz CT molecular complexity index is 654. The van der Waals surface area contributed by atoms with Crippen LogP contribution in [0.15, 0.2) is 53.0 Å². The summed E-state index contributed by atoms with van der Waals surface area (Å²) in [7, 11) is 0. The Morgan fingerprint density at radius 1 is 1.19 bits per heavy atom. The lowest BCUT2D eigenvalue weighted by atomic mass is 9.99. The number of amides is 1. The molecule has 0 aliphatic carbocycles. The van der Waals surface area contributed by atoms with Crippen LogP contribution in [0.25, 0.3) is 0 Å². The van der Waals surface area contributed by atoms with Gasteiger partial charge in [0.1, 0.15) is 0 Å². The van der Waals surface area contributed by atoms with Crippen molar-refractivity contribution in [3.05, 3.63) is 69.7 Å². The van der Waals surface area contributed by atoms with Crippen LogP contribution in [-0.2, 0) is 0 Å². The lowest BCUT2D eigenvalue weighted by Gasteiger charge is -2.18. The van der Waals surface area contributed by atoms with Gasteiger partial charge in [0.05, 0.1) is 5.56 Å². The average molecular weight is 344 g/mol. The number of rotatable bonds is 2. The summed E-state index contributed by atoms with van der Waals surface area (Å²) in [4.78, 5) is 14.6. The maximum Gasteiger partial charge on any atom is 0.255 e. The van der Waals surface area contributed by atoms with Crippen LogP contribution in [0, 0.1) is 6.92 Å². The van der Waals surface area contributed by atoms with Gasteiger partial charge >= 0.3 is 0 Å². The van der Waals surface area contributed by atoms with Gasteiger partial charge in [-0.2, -0.15) is 0 Å². The summed E-state index contributed by atoms with van der Waals surface area (Å²) in [6.07, 6.45) is 1.04. The Balaban J connectivity index is 1.75. The first-order valence-corrected chi connectivity index (χ1v) is 8.05. The van der Waals surface area contributed by atoms with E-state index in [1.165, 1.54) is 5.56 Å². The minimum atomic E-state index is 0.125. The molecule has 1 unspecified atom stereocenters. The van der Waals surface area contributed by atoms with Crippen LogP contribution in [0.1, 0.15) is 33.8 Å². The van der Waals surface area contributed by atoms with E-state index in [0.717, 1.165) is 35.1 Å². The predicted octanol–water partition coefficient (Wildman–Crippen LogP) is 4.39. The molecule has 0 spiro atoms. The molecule has 0 saturated carbocycles. The van der Waals surface area contributed by atoms with E-state index >= 15 is 0 Å². The predicted molar refractivity (Wildman–Crippen MR) is 88.6 cm³/mol. The van der Waals surface area contributed by atoms with E-state index in [0.29, 0.717) is 5.92 Å². The molecule has 0 radical (unpaired) electrons. The SMILES string of the molecule is Cc1ccc(C(=O)N2CCC(c3ccccc3)C2)c(Br)c1. The largest absolute Gasteiger partial charge is 0.338 e. The minimum Gasteiger partial charge on any atom is -0.338 e. The first kappa shape index (κ1) is 14.3. The van der Waals surface area contributed by atoms with Crippen molar-refractivity contribution >= 4 is 21.8 Å². The monoisotopic (exact) mass is 343 g/mol. The number of hydrogen-bond donors (Lipinski definition) is 0. The highest BCUT2D eigenvalue weighted by molar-refractivity contribution is 9.10. The highest BCUT2D eigenvalue weighted by atomic mass is 79.9. The number of halogens is 1. The molecule has 0 bridgehead atoms. The van der Waals surface area contributed by atoms with Gasteiger partial charge in [-0.25, -0.2) is 0 Å². The van der Waals surface area contributed by atoms with Gasteiger partial charge in [0, 0.05) is 23.5 Å². The molecule has 2 aromatic carbocycles. The molecule has 2 aromatic rings. The van der Waals surface area contributed by atoms with E-state index in [1.54, 1.807) is 0 Å². The van der Waals surface area contributed by atoms with Crippen LogP contribution >= 0.6 is 15.9 Å². The summed E-state index contributed by atoms with van der Waals surface area (Å²) in [6, 6.07) is 16.4. The number of carbonyl (C=O) groups is 1. The van der Waals surface area contributed by atoms with E-state index in [9.17, 15) is 4.79 Å². The molecule has 1 aliphatic rings. The fourth-order valence-corrected chi connectivity index (χ4v) is 3.57. The summed E-state index contributed by atoms with van der Waals surface area (Å²) < 4.78 is 0.885. The fourth-order valence-electron chi connectivity index (χ4n) is 2.91. The van der Waals surface area contributed by atoms with Crippen molar-refractivity contribution in [3.8, 4) is 0 Å². The topological polar surface area (TPSA) is 20.3 Å². The average Bonchev–Trinajstić information content (AvgIpc) is 2.97. The molecule has 1 atom stereocenters. The molecule has 1 amide bonds. The standard InChI is InChI=1S/C18H18BrNO/c1-13-7-8-16(17(19)11-13)18(21)20-10-9-15(12-20)14-5-3-2-4-6-14/h2-8,11,15H,9-10,12H2,1H3. The number of aryl methyl sites for hydroxylation is 1. The zero-order valence-electron chi connectivity index (χ0n) is 12.1. The number of nitrogens with zero attached hydrogens (tertiary/aromatic N) is 1. The lowest BCUT2D eigenvalue weighted by Crippen LogP contribution is -2.28. The van der Waals surface area contributed by atoms with Crippen molar-refractivity contribution in [3.63, 3.8) is 0 Å². The van der Waals surface area contributed by atoms with Crippen LogP contribution in [0.2, 0.25) is 0 Å². The van der Waals surface area contributed by atoms with Gasteiger partial charge in [-0.05, 0) is 52.5 Å². The van der Waals surface area contributed by atoms with Crippen molar-refractivity contribution in [2.45, 2.75) is 19.3 Å². The molecular formula is C18H18BrNO. The van der Waals surface area contributed by atoms with Crippen LogP contribution in [0.4, 0.5) is 0 Å². The zero-order chi connectivity index (χ0) is 14.8. The van der Waals surface area contributed by atoms with Gasteiger partial charge in [0.15, 0.2) is 0 Å². The van der Waals surface area contributed by atoms with Crippen LogP contribution < -0.4 is 0 Å². The van der Waals surface area contributed by atoms with E-state index < -0.39 is 0 Å². The summed E-state index contributed by atoms with van der Waals surface area (Å²) >= 11 is 3.51. The molecule has 0 aromatic heterocycles. The van der Waals surface area contributed by atoms with Crippen molar-refractivity contribution in [2.75, 3.05) is 13.1 Å². The maximum absolute atomic E-state index is 12.7. The normalized spacial score (nSPS) is 18.0. The maximum atomic E-state index is 12.7. The first-order valence-electron chi connectivity index (χ1n) is 7.25. The Kier molecular flexibility index (Phi) is 4.11. The lowest BCUT2D eigenvalue weighted by molar-refractivity contribution is 0.0790. The van der Waals surface area contributed by atoms with Gasteiger partial charge in [-0.1, -0.05) is 36.4 Å². The van der Waals surface area contributed by atoms with E-state index in [4.69, 9.17) is 0 Å². The summed E-state index contributed by atoms with van der Waals surface area (Å²) in [5.41, 5.74) is 3.24. The van der Waals surface area contributed by atoms with Crippen LogP contribution in [-0.4, -0.2) is 23.9 Å². The molecule has 3 rings (SSSR count). The van der Waals surface area contributed by atoms with Crippen molar-refractivity contribution in [2.24, 2.45) is 0 Å². The van der Waals surface area contributed by atoms with Crippen molar-refractivity contribution in [1.82, 2.24) is 4.90 Å². The summed E-state index contributed by atoms with van der Waals surface area (Å²) in [5, 5.41) is 0. The minimum absolute atomic E-state index is 0.125. The molecule has 3 heteroatoms. The van der Waals surface area contributed by atoms with E-state index in [1.807, 2.05) is 36.1 Å². The second-order valence-electron chi connectivity index (χ2n) is 5.63. The van der Waals surface area contributed by atoms with Gasteiger partial charge in [-0.3, -0.25) is 4.79 Å². The first-order chi connectivity index (χ1) is 10.1. The van der Waals surface area contributed by atoms with Gasteiger partial charge in [-0.15, -0.1) is 0 Å². The van der Waals surface area contributed by atoms with Gasteiger partial charge in [0.2, 0.25) is 0 Å². The Morgan fingerprint density at radius 2 is 1.95 bits per heavy atom. The molecule has 1 saturated heterocycles. The van der Waals surface area contributed by atoms with E-state index in [-0.39, 0.29) is 5.91 Å². The third-order valence-electron chi connectivity index (χ3n) is 4.10. The number of hydrogen-bond acceptors (Lipinski definition) is 1. The highest BCUT2D eigenvalue weighted by Gasteiger charge is 2.28. The number of likely N-dealkylation sites (tertiary alicyclic amines) is 1. The second kappa shape index (κ2) is 6.02. The Labute approximate surface area is 133 Å². The third-order valence-corrected chi connectivity index (χ3v) is 4.76. The molecule has 1 heterocycles. The summed E-state index contributed by atoms with van der Waals surface area (Å²) in [6.45, 7) is 3.67. The molecule has 1 fully saturated rings. The number of benzene rings is 2.